The Hall–Kier alpha value is -1.99. The van der Waals surface area contributed by atoms with Gasteiger partial charge in [0, 0.05) is 13.1 Å². The van der Waals surface area contributed by atoms with Crippen LogP contribution in [0, 0.1) is 12.8 Å². The van der Waals surface area contributed by atoms with E-state index in [0.717, 1.165) is 24.1 Å². The zero-order chi connectivity index (χ0) is 18.7. The van der Waals surface area contributed by atoms with Crippen LogP contribution < -0.4 is 5.43 Å². The highest BCUT2D eigenvalue weighted by atomic mass is 32.2. The fourth-order valence-electron chi connectivity index (χ4n) is 3.29. The van der Waals surface area contributed by atoms with E-state index in [1.807, 2.05) is 19.9 Å². The highest BCUT2D eigenvalue weighted by molar-refractivity contribution is 7.89. The molecule has 7 heteroatoms. The summed E-state index contributed by atoms with van der Waals surface area (Å²) in [4.78, 5) is 12.7. The molecule has 1 fully saturated rings. The number of nitrogens with one attached hydrogen (secondary N) is 1. The van der Waals surface area contributed by atoms with Crippen LogP contribution in [0.15, 0.2) is 45.9 Å². The van der Waals surface area contributed by atoms with Gasteiger partial charge in [-0.05, 0) is 57.7 Å². The lowest BCUT2D eigenvalue weighted by molar-refractivity contribution is -0.126. The van der Waals surface area contributed by atoms with Crippen LogP contribution in [0.5, 0.6) is 0 Å². The Labute approximate surface area is 155 Å². The van der Waals surface area contributed by atoms with Crippen molar-refractivity contribution in [2.24, 2.45) is 11.0 Å². The molecule has 6 nitrogen and oxygen atoms in total. The molecule has 0 aromatic heterocycles. The van der Waals surface area contributed by atoms with Gasteiger partial charge in [0.1, 0.15) is 0 Å². The first-order valence-electron chi connectivity index (χ1n) is 8.96. The smallest absolute Gasteiger partial charge is 0.244 e. The first-order chi connectivity index (χ1) is 12.4. The molecule has 1 N–H and O–H groups in total. The Kier molecular flexibility index (Phi) is 5.58. The average Bonchev–Trinajstić information content (AvgIpc) is 3.05. The molecule has 3 rings (SSSR count). The Bertz CT molecular complexity index is 841. The quantitative estimate of drug-likeness (QED) is 0.822. The van der Waals surface area contributed by atoms with Crippen LogP contribution in [0.25, 0.3) is 0 Å². The average molecular weight is 375 g/mol. The van der Waals surface area contributed by atoms with Crippen molar-refractivity contribution in [1.29, 1.82) is 0 Å². The largest absolute Gasteiger partial charge is 0.273 e. The molecule has 1 aliphatic heterocycles. The summed E-state index contributed by atoms with van der Waals surface area (Å²) in [6, 6.07) is 6.81. The lowest BCUT2D eigenvalue weighted by Gasteiger charge is -2.30. The molecule has 2 aliphatic rings. The van der Waals surface area contributed by atoms with Crippen LogP contribution in [-0.2, 0) is 14.8 Å². The second kappa shape index (κ2) is 7.72. The van der Waals surface area contributed by atoms with Gasteiger partial charge in [-0.15, -0.1) is 0 Å². The van der Waals surface area contributed by atoms with Crippen molar-refractivity contribution in [1.82, 2.24) is 9.73 Å². The van der Waals surface area contributed by atoms with Gasteiger partial charge in [0.2, 0.25) is 15.9 Å². The van der Waals surface area contributed by atoms with Crippen LogP contribution >= 0.6 is 0 Å². The number of hydrogen-bond donors (Lipinski definition) is 1. The maximum Gasteiger partial charge on any atom is 0.244 e. The van der Waals surface area contributed by atoms with Gasteiger partial charge in [0.05, 0.1) is 16.5 Å². The molecule has 0 saturated carbocycles. The van der Waals surface area contributed by atoms with Crippen molar-refractivity contribution in [3.05, 3.63) is 41.5 Å². The highest BCUT2D eigenvalue weighted by Gasteiger charge is 2.33. The van der Waals surface area contributed by atoms with Crippen molar-refractivity contribution >= 4 is 21.6 Å². The normalized spacial score (nSPS) is 23.1. The first-order valence-corrected chi connectivity index (χ1v) is 10.4. The number of amides is 1. The van der Waals surface area contributed by atoms with E-state index >= 15 is 0 Å². The molecule has 1 aromatic rings. The lowest BCUT2D eigenvalue weighted by atomic mass is 9.99. The number of allylic oxidation sites excluding steroid dienone is 2. The van der Waals surface area contributed by atoms with E-state index in [1.165, 1.54) is 9.88 Å². The molecular formula is C19H25N3O3S. The molecule has 0 spiro atoms. The minimum absolute atomic E-state index is 0.196. The minimum Gasteiger partial charge on any atom is -0.273 e. The number of hydrogen-bond acceptors (Lipinski definition) is 4. The molecule has 1 heterocycles. The van der Waals surface area contributed by atoms with Gasteiger partial charge < -0.3 is 0 Å². The Morgan fingerprint density at radius 3 is 2.58 bits per heavy atom. The Balaban J connectivity index is 1.67. The van der Waals surface area contributed by atoms with Crippen LogP contribution in [0.3, 0.4) is 0 Å². The summed E-state index contributed by atoms with van der Waals surface area (Å²) < 4.78 is 27.1. The molecule has 0 radical (unpaired) electrons. The third-order valence-corrected chi connectivity index (χ3v) is 6.79. The van der Waals surface area contributed by atoms with Crippen molar-refractivity contribution in [2.45, 2.75) is 44.4 Å². The summed E-state index contributed by atoms with van der Waals surface area (Å²) in [5.74, 6) is -0.584. The standard InChI is InChI=1S/C19H25N3O3S/c1-14-6-9-18(10-7-14)26(24,25)22-11-3-4-16(13-22)19(23)21-20-17-8-5-15(2)12-17/h6-7,9-10,12,16H,3-5,8,11,13H2,1-2H3,(H,21,23)/b20-17+/t16-/m1/s1. The molecule has 1 aliphatic carbocycles. The van der Waals surface area contributed by atoms with Crippen LogP contribution in [0.1, 0.15) is 38.2 Å². The molecule has 1 saturated heterocycles. The van der Waals surface area contributed by atoms with E-state index in [0.29, 0.717) is 19.4 Å². The fraction of sp³-hybridized carbons (Fsp3) is 0.474. The zero-order valence-electron chi connectivity index (χ0n) is 15.2. The number of benzene rings is 1. The van der Waals surface area contributed by atoms with Gasteiger partial charge in [-0.25, -0.2) is 13.8 Å². The Morgan fingerprint density at radius 1 is 1.19 bits per heavy atom. The van der Waals surface area contributed by atoms with Crippen LogP contribution in [0.2, 0.25) is 0 Å². The summed E-state index contributed by atoms with van der Waals surface area (Å²) in [6.45, 7) is 4.59. The Morgan fingerprint density at radius 2 is 1.92 bits per heavy atom. The van der Waals surface area contributed by atoms with E-state index in [9.17, 15) is 13.2 Å². The SMILES string of the molecule is CC1=C/C(=N/NC(=O)[C@@H]2CCCN(S(=O)(=O)c3ccc(C)cc3)C2)CC1. The van der Waals surface area contributed by atoms with Gasteiger partial charge in [-0.2, -0.15) is 9.41 Å². The van der Waals surface area contributed by atoms with E-state index < -0.39 is 10.0 Å². The van der Waals surface area contributed by atoms with Crippen molar-refractivity contribution in [3.8, 4) is 0 Å². The molecule has 1 aromatic carbocycles. The molecule has 0 unspecified atom stereocenters. The predicted octanol–water partition coefficient (Wildman–Crippen LogP) is 2.61. The molecule has 26 heavy (non-hydrogen) atoms. The minimum atomic E-state index is -3.58. The molecular weight excluding hydrogens is 350 g/mol. The van der Waals surface area contributed by atoms with Gasteiger partial charge in [-0.1, -0.05) is 23.3 Å². The van der Waals surface area contributed by atoms with Crippen molar-refractivity contribution in [3.63, 3.8) is 0 Å². The van der Waals surface area contributed by atoms with Gasteiger partial charge in [-0.3, -0.25) is 4.79 Å². The molecule has 0 bridgehead atoms. The molecule has 140 valence electrons. The van der Waals surface area contributed by atoms with Crippen LogP contribution in [-0.4, -0.2) is 37.4 Å². The highest BCUT2D eigenvalue weighted by Crippen LogP contribution is 2.24. The molecule has 1 amide bonds. The number of carbonyl (C=O) groups excluding carboxylic acids is 1. The summed E-state index contributed by atoms with van der Waals surface area (Å²) in [5, 5.41) is 4.18. The lowest BCUT2D eigenvalue weighted by Crippen LogP contribution is -2.44. The number of nitrogens with zero attached hydrogens (tertiary/aromatic N) is 2. The number of rotatable bonds is 4. The van der Waals surface area contributed by atoms with Crippen molar-refractivity contribution in [2.75, 3.05) is 13.1 Å². The first kappa shape index (κ1) is 18.8. The zero-order valence-corrected chi connectivity index (χ0v) is 16.1. The summed E-state index contributed by atoms with van der Waals surface area (Å²) in [5.41, 5.74) is 5.75. The van der Waals surface area contributed by atoms with E-state index in [4.69, 9.17) is 0 Å². The van der Waals surface area contributed by atoms with E-state index in [1.54, 1.807) is 24.3 Å². The number of sulfonamides is 1. The van der Waals surface area contributed by atoms with Gasteiger partial charge in [0.15, 0.2) is 0 Å². The third kappa shape index (κ3) is 4.22. The molecule has 1 atom stereocenters. The maximum atomic E-state index is 12.8. The number of piperidine rings is 1. The third-order valence-electron chi connectivity index (χ3n) is 4.91. The topological polar surface area (TPSA) is 78.8 Å². The van der Waals surface area contributed by atoms with E-state index in [-0.39, 0.29) is 23.3 Å². The number of aryl methyl sites for hydroxylation is 1. The summed E-state index contributed by atoms with van der Waals surface area (Å²) >= 11 is 0. The van der Waals surface area contributed by atoms with E-state index in [2.05, 4.69) is 10.5 Å². The number of hydrazone groups is 1. The maximum absolute atomic E-state index is 12.8. The summed E-state index contributed by atoms with van der Waals surface area (Å²) in [6.07, 6.45) is 5.13. The fourth-order valence-corrected chi connectivity index (χ4v) is 4.82. The van der Waals surface area contributed by atoms with Crippen LogP contribution in [0.4, 0.5) is 0 Å². The second-order valence-corrected chi connectivity index (χ2v) is 9.02. The predicted molar refractivity (Wildman–Crippen MR) is 101 cm³/mol. The number of carbonyl (C=O) groups is 1. The van der Waals surface area contributed by atoms with Gasteiger partial charge in [0.25, 0.3) is 0 Å². The van der Waals surface area contributed by atoms with Gasteiger partial charge >= 0.3 is 0 Å². The second-order valence-electron chi connectivity index (χ2n) is 7.09. The monoisotopic (exact) mass is 375 g/mol. The van der Waals surface area contributed by atoms with Crippen molar-refractivity contribution < 1.29 is 13.2 Å². The summed E-state index contributed by atoms with van der Waals surface area (Å²) in [7, 11) is -3.58.